The molecule has 7 nitrogen and oxygen atoms in total. The lowest BCUT2D eigenvalue weighted by Crippen LogP contribution is -2.43. The molecule has 1 aromatic carbocycles. The van der Waals surface area contributed by atoms with Crippen LogP contribution in [0.2, 0.25) is 0 Å². The van der Waals surface area contributed by atoms with Crippen molar-refractivity contribution in [2.45, 2.75) is 26.4 Å². The highest BCUT2D eigenvalue weighted by molar-refractivity contribution is 5.79. The molecule has 1 aliphatic rings. The van der Waals surface area contributed by atoms with E-state index in [1.54, 1.807) is 18.9 Å². The molecule has 26 heavy (non-hydrogen) atoms. The molecular weight excluding hydrogens is 334 g/mol. The molecule has 7 heteroatoms. The van der Waals surface area contributed by atoms with E-state index in [0.717, 1.165) is 11.1 Å². The van der Waals surface area contributed by atoms with Crippen LogP contribution in [0.25, 0.3) is 0 Å². The van der Waals surface area contributed by atoms with Crippen LogP contribution in [0.1, 0.15) is 28.7 Å². The number of amides is 1. The number of hydrogen-bond donors (Lipinski definition) is 1. The summed E-state index contributed by atoms with van der Waals surface area (Å²) < 4.78 is 11.1. The third kappa shape index (κ3) is 4.11. The molecule has 0 saturated carbocycles. The minimum absolute atomic E-state index is 0.00348. The summed E-state index contributed by atoms with van der Waals surface area (Å²) in [6.45, 7) is 5.02. The van der Waals surface area contributed by atoms with Gasteiger partial charge in [0.2, 0.25) is 5.91 Å². The number of carbonyl (C=O) groups excluding carboxylic acids is 1. The molecule has 0 spiro atoms. The molecular formula is C19H23N3O4. The Morgan fingerprint density at radius 3 is 2.92 bits per heavy atom. The number of aromatic amines is 1. The maximum Gasteiger partial charge on any atom is 0.251 e. The molecule has 1 fully saturated rings. The first kappa shape index (κ1) is 18.1. The van der Waals surface area contributed by atoms with Crippen molar-refractivity contribution in [1.82, 2.24) is 14.9 Å². The highest BCUT2D eigenvalue weighted by atomic mass is 16.5. The molecule has 0 radical (unpaired) electrons. The van der Waals surface area contributed by atoms with Crippen LogP contribution in [0.5, 0.6) is 5.75 Å². The molecule has 138 valence electrons. The van der Waals surface area contributed by atoms with Crippen molar-refractivity contribution in [2.75, 3.05) is 26.8 Å². The number of benzene rings is 1. The van der Waals surface area contributed by atoms with Crippen LogP contribution in [0, 0.1) is 13.8 Å². The Bertz CT molecular complexity index is 862. The topological polar surface area (TPSA) is 84.5 Å². The molecule has 1 saturated heterocycles. The van der Waals surface area contributed by atoms with E-state index in [1.807, 2.05) is 25.1 Å². The predicted molar refractivity (Wildman–Crippen MR) is 96.3 cm³/mol. The van der Waals surface area contributed by atoms with E-state index < -0.39 is 6.10 Å². The quantitative estimate of drug-likeness (QED) is 0.897. The summed E-state index contributed by atoms with van der Waals surface area (Å²) in [6.07, 6.45) is -0.132. The van der Waals surface area contributed by atoms with Gasteiger partial charge in [-0.25, -0.2) is 4.98 Å². The fourth-order valence-electron chi connectivity index (χ4n) is 3.14. The molecule has 1 atom stereocenters. The minimum Gasteiger partial charge on any atom is -0.496 e. The number of aryl methyl sites for hydroxylation is 2. The van der Waals surface area contributed by atoms with E-state index >= 15 is 0 Å². The molecule has 2 aromatic rings. The zero-order valence-corrected chi connectivity index (χ0v) is 15.2. The normalized spacial score (nSPS) is 17.2. The Balaban J connectivity index is 1.74. The van der Waals surface area contributed by atoms with Gasteiger partial charge in [-0.2, -0.15) is 0 Å². The van der Waals surface area contributed by atoms with Gasteiger partial charge in [0.1, 0.15) is 17.7 Å². The number of ether oxygens (including phenoxy) is 2. The van der Waals surface area contributed by atoms with Gasteiger partial charge in [-0.15, -0.1) is 0 Å². The molecule has 1 aromatic heterocycles. The Morgan fingerprint density at radius 2 is 2.19 bits per heavy atom. The summed E-state index contributed by atoms with van der Waals surface area (Å²) >= 11 is 0. The van der Waals surface area contributed by atoms with Gasteiger partial charge in [-0.3, -0.25) is 9.59 Å². The van der Waals surface area contributed by atoms with Crippen molar-refractivity contribution in [1.29, 1.82) is 0 Å². The molecule has 2 heterocycles. The first-order valence-corrected chi connectivity index (χ1v) is 8.57. The fourth-order valence-corrected chi connectivity index (χ4v) is 3.14. The fraction of sp³-hybridized carbons (Fsp3) is 0.421. The summed E-state index contributed by atoms with van der Waals surface area (Å²) in [4.78, 5) is 33.2. The van der Waals surface area contributed by atoms with Gasteiger partial charge in [0.25, 0.3) is 5.56 Å². The van der Waals surface area contributed by atoms with Gasteiger partial charge in [-0.1, -0.05) is 17.7 Å². The van der Waals surface area contributed by atoms with Crippen molar-refractivity contribution in [3.63, 3.8) is 0 Å². The summed E-state index contributed by atoms with van der Waals surface area (Å²) in [7, 11) is 1.60. The third-order valence-electron chi connectivity index (χ3n) is 4.41. The number of H-pyrrole nitrogens is 1. The van der Waals surface area contributed by atoms with Crippen molar-refractivity contribution in [3.05, 3.63) is 57.3 Å². The molecule has 1 amide bonds. The predicted octanol–water partition coefficient (Wildman–Crippen LogP) is 1.54. The highest BCUT2D eigenvalue weighted by Crippen LogP contribution is 2.23. The largest absolute Gasteiger partial charge is 0.496 e. The van der Waals surface area contributed by atoms with Crippen LogP contribution in [0.3, 0.4) is 0 Å². The first-order chi connectivity index (χ1) is 12.5. The number of morpholine rings is 1. The molecule has 1 aliphatic heterocycles. The standard InChI is InChI=1S/C19H23N3O4/c1-12-4-5-16(25-3)14(8-12)9-19(24)22-6-7-26-17(11-22)15-10-18(23)21-13(2)20-15/h4-5,8,10,17H,6-7,9,11H2,1-3H3,(H,20,21,23)/t17-/m0/s1. The second-order valence-corrected chi connectivity index (χ2v) is 6.45. The number of hydrogen-bond acceptors (Lipinski definition) is 5. The van der Waals surface area contributed by atoms with E-state index in [9.17, 15) is 9.59 Å². The minimum atomic E-state index is -0.395. The molecule has 0 aliphatic carbocycles. The summed E-state index contributed by atoms with van der Waals surface area (Å²) in [5, 5.41) is 0. The van der Waals surface area contributed by atoms with Crippen molar-refractivity contribution in [2.24, 2.45) is 0 Å². The SMILES string of the molecule is COc1ccc(C)cc1CC(=O)N1CCO[C@H](c2cc(=O)[nH]c(C)n2)C1. The maximum atomic E-state index is 12.8. The van der Waals surface area contributed by atoms with E-state index in [2.05, 4.69) is 9.97 Å². The van der Waals surface area contributed by atoms with Crippen LogP contribution in [-0.2, 0) is 16.0 Å². The smallest absolute Gasteiger partial charge is 0.251 e. The monoisotopic (exact) mass is 357 g/mol. The number of methoxy groups -OCH3 is 1. The summed E-state index contributed by atoms with van der Waals surface area (Å²) in [6, 6.07) is 7.23. The molecule has 3 rings (SSSR count). The Labute approximate surface area is 152 Å². The lowest BCUT2D eigenvalue weighted by atomic mass is 10.1. The number of nitrogens with one attached hydrogen (secondary N) is 1. The van der Waals surface area contributed by atoms with Crippen LogP contribution < -0.4 is 10.3 Å². The van der Waals surface area contributed by atoms with Crippen LogP contribution in [-0.4, -0.2) is 47.6 Å². The van der Waals surface area contributed by atoms with Crippen molar-refractivity contribution in [3.8, 4) is 5.75 Å². The first-order valence-electron chi connectivity index (χ1n) is 8.57. The van der Waals surface area contributed by atoms with E-state index in [0.29, 0.717) is 37.0 Å². The number of rotatable bonds is 4. The zero-order valence-electron chi connectivity index (χ0n) is 15.2. The van der Waals surface area contributed by atoms with Crippen LogP contribution in [0.15, 0.2) is 29.1 Å². The van der Waals surface area contributed by atoms with Gasteiger partial charge < -0.3 is 19.4 Å². The number of aromatic nitrogens is 2. The lowest BCUT2D eigenvalue weighted by molar-refractivity contribution is -0.138. The van der Waals surface area contributed by atoms with Gasteiger partial charge in [0, 0.05) is 18.2 Å². The van der Waals surface area contributed by atoms with E-state index in [-0.39, 0.29) is 17.9 Å². The third-order valence-corrected chi connectivity index (χ3v) is 4.41. The van der Waals surface area contributed by atoms with Crippen molar-refractivity contribution >= 4 is 5.91 Å². The lowest BCUT2D eigenvalue weighted by Gasteiger charge is -2.33. The molecule has 0 unspecified atom stereocenters. The second-order valence-electron chi connectivity index (χ2n) is 6.45. The molecule has 0 bridgehead atoms. The number of nitrogens with zero attached hydrogens (tertiary/aromatic N) is 2. The van der Waals surface area contributed by atoms with E-state index in [1.165, 1.54) is 6.07 Å². The average Bonchev–Trinajstić information content (AvgIpc) is 2.61. The Hall–Kier alpha value is -2.67. The molecule has 1 N–H and O–H groups in total. The van der Waals surface area contributed by atoms with Gasteiger partial charge in [0.05, 0.1) is 32.4 Å². The number of carbonyl (C=O) groups is 1. The maximum absolute atomic E-state index is 12.8. The Kier molecular flexibility index (Phi) is 5.37. The Morgan fingerprint density at radius 1 is 1.38 bits per heavy atom. The highest BCUT2D eigenvalue weighted by Gasteiger charge is 2.27. The van der Waals surface area contributed by atoms with Gasteiger partial charge in [-0.05, 0) is 19.9 Å². The van der Waals surface area contributed by atoms with Gasteiger partial charge in [0.15, 0.2) is 0 Å². The summed E-state index contributed by atoms with van der Waals surface area (Å²) in [5.74, 6) is 1.24. The average molecular weight is 357 g/mol. The van der Waals surface area contributed by atoms with Crippen LogP contribution in [0.4, 0.5) is 0 Å². The second kappa shape index (κ2) is 7.70. The van der Waals surface area contributed by atoms with Crippen molar-refractivity contribution < 1.29 is 14.3 Å². The van der Waals surface area contributed by atoms with E-state index in [4.69, 9.17) is 9.47 Å². The van der Waals surface area contributed by atoms with Crippen LogP contribution >= 0.6 is 0 Å². The summed E-state index contributed by atoms with van der Waals surface area (Å²) in [5.41, 5.74) is 2.28. The zero-order chi connectivity index (χ0) is 18.7. The van der Waals surface area contributed by atoms with Gasteiger partial charge >= 0.3 is 0 Å².